The van der Waals surface area contributed by atoms with Gasteiger partial charge in [0.2, 0.25) is 23.6 Å². The molecule has 4 N–H and O–H groups in total. The van der Waals surface area contributed by atoms with Crippen LogP contribution in [0.1, 0.15) is 110 Å². The number of likely N-dealkylation sites (tertiary alicyclic amines) is 1. The highest BCUT2D eigenvalue weighted by atomic mass is 32.1. The molecule has 4 amide bonds. The molecule has 16 nitrogen and oxygen atoms in total. The maximum absolute atomic E-state index is 13.8. The predicted octanol–water partition coefficient (Wildman–Crippen LogP) is 2.10. The van der Waals surface area contributed by atoms with Crippen molar-refractivity contribution in [3.63, 3.8) is 0 Å². The van der Waals surface area contributed by atoms with E-state index in [2.05, 4.69) is 28.2 Å². The summed E-state index contributed by atoms with van der Waals surface area (Å²) in [5.74, 6) is -3.20. The fraction of sp³-hybridized carbons (Fsp3) is 0.837. The van der Waals surface area contributed by atoms with Crippen LogP contribution in [0.25, 0.3) is 0 Å². The van der Waals surface area contributed by atoms with Gasteiger partial charge in [0.15, 0.2) is 0 Å². The minimum absolute atomic E-state index is 0.0100. The number of carboxylic acids is 2. The maximum atomic E-state index is 13.8. The van der Waals surface area contributed by atoms with Crippen molar-refractivity contribution in [2.75, 3.05) is 72.0 Å². The van der Waals surface area contributed by atoms with Crippen molar-refractivity contribution in [1.82, 2.24) is 35.1 Å². The normalized spacial score (nSPS) is 25.7. The van der Waals surface area contributed by atoms with Gasteiger partial charge in [-0.25, -0.2) is 0 Å². The first-order valence-corrected chi connectivity index (χ1v) is 23.3. The van der Waals surface area contributed by atoms with Crippen LogP contribution in [0.2, 0.25) is 0 Å². The number of carbonyl (C=O) groups is 7. The molecule has 3 saturated carbocycles. The summed E-state index contributed by atoms with van der Waals surface area (Å²) in [4.78, 5) is 99.5. The zero-order chi connectivity index (χ0) is 43.2. The summed E-state index contributed by atoms with van der Waals surface area (Å²) in [6.07, 6.45) is 15.7. The smallest absolute Gasteiger partial charge is 0.321 e. The standard InChI is InChI=1S/C43H71N7O9S/c1-30(40(54)45-28-36(52)44-17-18-50-37(53)27-35(60)41(50)55)46-19-23-48(38(42(56)57)32-13-7-3-8-14-32)25-21-47(34(29-51)31-11-5-2-6-12-31)22-26-49(24-20-46)39(43(58)59)33-15-9-4-10-16-33/h29-35,38-39,60H,2-28H2,1H3,(H,44,52)(H,45,54)(H,56,57)(H,58,59)/t30?,34?,35?,38-,39-/m1/s1. The molecule has 60 heavy (non-hydrogen) atoms. The molecule has 5 aliphatic rings. The molecule has 5 rings (SSSR count). The van der Waals surface area contributed by atoms with Crippen LogP contribution < -0.4 is 10.6 Å². The first-order chi connectivity index (χ1) is 28.9. The van der Waals surface area contributed by atoms with Crippen LogP contribution in [-0.2, 0) is 33.6 Å². The summed E-state index contributed by atoms with van der Waals surface area (Å²) in [7, 11) is 0. The van der Waals surface area contributed by atoms with Crippen LogP contribution in [0.15, 0.2) is 0 Å². The summed E-state index contributed by atoms with van der Waals surface area (Å²) in [6, 6.07) is -2.53. The van der Waals surface area contributed by atoms with E-state index in [4.69, 9.17) is 0 Å². The van der Waals surface area contributed by atoms with E-state index < -0.39 is 53.0 Å². The number of carbonyl (C=O) groups excluding carboxylic acids is 5. The number of nitrogens with zero attached hydrogens (tertiary/aromatic N) is 5. The van der Waals surface area contributed by atoms with Crippen molar-refractivity contribution in [3.8, 4) is 0 Å². The van der Waals surface area contributed by atoms with Gasteiger partial charge in [0.05, 0.1) is 23.9 Å². The van der Waals surface area contributed by atoms with E-state index in [9.17, 15) is 43.8 Å². The Kier molecular flexibility index (Phi) is 19.1. The van der Waals surface area contributed by atoms with Gasteiger partial charge in [-0.2, -0.15) is 12.6 Å². The third kappa shape index (κ3) is 13.2. The number of hydrogen-bond acceptors (Lipinski definition) is 12. The van der Waals surface area contributed by atoms with Crippen LogP contribution in [0.5, 0.6) is 0 Å². The van der Waals surface area contributed by atoms with Crippen LogP contribution in [0.3, 0.4) is 0 Å². The molecule has 2 aliphatic heterocycles. The van der Waals surface area contributed by atoms with E-state index in [1.54, 1.807) is 6.92 Å². The molecule has 3 unspecified atom stereocenters. The van der Waals surface area contributed by atoms with Crippen molar-refractivity contribution < 1.29 is 43.8 Å². The van der Waals surface area contributed by atoms with E-state index in [1.807, 2.05) is 14.7 Å². The number of amides is 4. The van der Waals surface area contributed by atoms with Crippen molar-refractivity contribution in [2.45, 2.75) is 139 Å². The third-order valence-electron chi connectivity index (χ3n) is 14.1. The quantitative estimate of drug-likeness (QED) is 0.0860. The molecule has 0 aromatic rings. The van der Waals surface area contributed by atoms with E-state index in [-0.39, 0.29) is 55.8 Å². The Morgan fingerprint density at radius 2 is 1.10 bits per heavy atom. The van der Waals surface area contributed by atoms with Crippen molar-refractivity contribution in [2.24, 2.45) is 17.8 Å². The molecule has 0 aromatic carbocycles. The molecule has 0 bridgehead atoms. The van der Waals surface area contributed by atoms with Gasteiger partial charge >= 0.3 is 11.9 Å². The molecular formula is C43H71N7O9S. The number of nitrogens with one attached hydrogen (secondary N) is 2. The lowest BCUT2D eigenvalue weighted by molar-refractivity contribution is -0.147. The largest absolute Gasteiger partial charge is 0.480 e. The second kappa shape index (κ2) is 23.9. The SMILES string of the molecule is CC(C(=O)NCC(=O)NCCN1C(=O)CC(S)C1=O)N1CCN([C@@H](C(=O)O)C2CCCCC2)CCN(C(C=O)C2CCCCC2)CCN([C@@H](C(=O)O)C2CCCCC2)CC1. The van der Waals surface area contributed by atoms with Crippen molar-refractivity contribution in [1.29, 1.82) is 0 Å². The monoisotopic (exact) mass is 862 g/mol. The highest BCUT2D eigenvalue weighted by molar-refractivity contribution is 7.81. The van der Waals surface area contributed by atoms with Crippen molar-refractivity contribution in [3.05, 3.63) is 0 Å². The number of thiol groups is 1. The third-order valence-corrected chi connectivity index (χ3v) is 14.5. The highest BCUT2D eigenvalue weighted by Crippen LogP contribution is 2.33. The molecule has 2 heterocycles. The Hall–Kier alpha value is -3.12. The molecule has 2 saturated heterocycles. The van der Waals surface area contributed by atoms with Crippen molar-refractivity contribution >= 4 is 54.5 Å². The average molecular weight is 862 g/mol. The topological polar surface area (TPSA) is 200 Å². The van der Waals surface area contributed by atoms with Crippen LogP contribution in [0, 0.1) is 17.8 Å². The lowest BCUT2D eigenvalue weighted by atomic mass is 9.82. The van der Waals surface area contributed by atoms with E-state index >= 15 is 0 Å². The molecule has 0 aromatic heterocycles. The highest BCUT2D eigenvalue weighted by Gasteiger charge is 2.40. The second-order valence-corrected chi connectivity index (χ2v) is 18.5. The molecule has 3 aliphatic carbocycles. The van der Waals surface area contributed by atoms with E-state index in [0.717, 1.165) is 107 Å². The Balaban J connectivity index is 1.36. The Bertz CT molecular complexity index is 1420. The Labute approximate surface area is 361 Å². The van der Waals surface area contributed by atoms with Gasteiger partial charge in [0, 0.05) is 71.9 Å². The lowest BCUT2D eigenvalue weighted by Crippen LogP contribution is -2.58. The second-order valence-electron chi connectivity index (χ2n) is 17.9. The fourth-order valence-corrected chi connectivity index (χ4v) is 10.9. The van der Waals surface area contributed by atoms with Gasteiger partial charge in [-0.3, -0.25) is 53.3 Å². The van der Waals surface area contributed by atoms with Gasteiger partial charge in [0.1, 0.15) is 18.4 Å². The summed E-state index contributed by atoms with van der Waals surface area (Å²) in [5.41, 5.74) is 0. The summed E-state index contributed by atoms with van der Waals surface area (Å²) >= 11 is 4.13. The summed E-state index contributed by atoms with van der Waals surface area (Å²) in [6.45, 7) is 4.57. The first kappa shape index (κ1) is 47.9. The molecule has 17 heteroatoms. The van der Waals surface area contributed by atoms with Gasteiger partial charge in [0.25, 0.3) is 0 Å². The minimum Gasteiger partial charge on any atom is -0.480 e. The molecule has 0 spiro atoms. The molecule has 5 atom stereocenters. The van der Waals surface area contributed by atoms with Gasteiger partial charge in [-0.15, -0.1) is 0 Å². The zero-order valence-electron chi connectivity index (χ0n) is 35.7. The number of hydrogen-bond donors (Lipinski definition) is 5. The van der Waals surface area contributed by atoms with E-state index in [0.29, 0.717) is 52.4 Å². The molecule has 0 radical (unpaired) electrons. The molecular weight excluding hydrogens is 791 g/mol. The number of aldehydes is 1. The predicted molar refractivity (Wildman–Crippen MR) is 228 cm³/mol. The zero-order valence-corrected chi connectivity index (χ0v) is 36.6. The maximum Gasteiger partial charge on any atom is 0.321 e. The Morgan fingerprint density at radius 3 is 1.52 bits per heavy atom. The lowest BCUT2D eigenvalue weighted by Gasteiger charge is -2.43. The molecule has 5 fully saturated rings. The average Bonchev–Trinajstić information content (AvgIpc) is 3.48. The van der Waals surface area contributed by atoms with Gasteiger partial charge in [-0.05, 0) is 63.2 Å². The number of rotatable bonds is 16. The summed E-state index contributed by atoms with van der Waals surface area (Å²) in [5, 5.41) is 26.3. The fourth-order valence-electron chi connectivity index (χ4n) is 10.7. The molecule has 338 valence electrons. The number of aliphatic carboxylic acids is 2. The van der Waals surface area contributed by atoms with Crippen LogP contribution in [-0.4, -0.2) is 178 Å². The van der Waals surface area contributed by atoms with E-state index in [1.165, 1.54) is 0 Å². The first-order valence-electron chi connectivity index (χ1n) is 22.8. The number of carboxylic acid groups (broad SMARTS) is 2. The van der Waals surface area contributed by atoms with Crippen LogP contribution in [0.4, 0.5) is 0 Å². The summed E-state index contributed by atoms with van der Waals surface area (Å²) < 4.78 is 0. The number of imide groups is 1. The van der Waals surface area contributed by atoms with Gasteiger partial charge < -0.3 is 25.6 Å². The van der Waals surface area contributed by atoms with Crippen LogP contribution >= 0.6 is 12.6 Å². The Morgan fingerprint density at radius 1 is 0.667 bits per heavy atom. The minimum atomic E-state index is -0.866. The van der Waals surface area contributed by atoms with Gasteiger partial charge in [-0.1, -0.05) is 57.8 Å².